The summed E-state index contributed by atoms with van der Waals surface area (Å²) in [6, 6.07) is 7.73. The fourth-order valence-corrected chi connectivity index (χ4v) is 2.46. The van der Waals surface area contributed by atoms with E-state index in [9.17, 15) is 4.79 Å². The molecule has 1 heterocycles. The SMILES string of the molecule is COc1cccc([C@]23C[C@@H]2COC3=O)c1. The lowest BCUT2D eigenvalue weighted by atomic mass is 9.94. The summed E-state index contributed by atoms with van der Waals surface area (Å²) in [6.45, 7) is 0.579. The van der Waals surface area contributed by atoms with Crippen LogP contribution in [0.5, 0.6) is 5.75 Å². The van der Waals surface area contributed by atoms with E-state index in [2.05, 4.69) is 0 Å². The Labute approximate surface area is 88.0 Å². The van der Waals surface area contributed by atoms with Gasteiger partial charge < -0.3 is 9.47 Å². The number of fused-ring (bicyclic) bond motifs is 1. The highest BCUT2D eigenvalue weighted by molar-refractivity contribution is 5.90. The van der Waals surface area contributed by atoms with Crippen LogP contribution in [0.25, 0.3) is 0 Å². The number of cyclic esters (lactones) is 1. The number of ether oxygens (including phenoxy) is 2. The maximum absolute atomic E-state index is 11.7. The minimum Gasteiger partial charge on any atom is -0.497 e. The molecule has 15 heavy (non-hydrogen) atoms. The molecular weight excluding hydrogens is 192 g/mol. The summed E-state index contributed by atoms with van der Waals surface area (Å²) in [5, 5.41) is 0. The van der Waals surface area contributed by atoms with Crippen LogP contribution in [0.1, 0.15) is 12.0 Å². The zero-order chi connectivity index (χ0) is 10.5. The second kappa shape index (κ2) is 2.75. The van der Waals surface area contributed by atoms with E-state index in [1.54, 1.807) is 7.11 Å². The zero-order valence-corrected chi connectivity index (χ0v) is 8.53. The van der Waals surface area contributed by atoms with E-state index in [0.717, 1.165) is 17.7 Å². The number of esters is 1. The Hall–Kier alpha value is -1.51. The Kier molecular flexibility index (Phi) is 1.61. The lowest BCUT2D eigenvalue weighted by Gasteiger charge is -2.10. The van der Waals surface area contributed by atoms with Crippen molar-refractivity contribution in [3.63, 3.8) is 0 Å². The number of benzene rings is 1. The van der Waals surface area contributed by atoms with E-state index < -0.39 is 0 Å². The smallest absolute Gasteiger partial charge is 0.317 e. The molecule has 0 radical (unpaired) electrons. The first kappa shape index (κ1) is 8.77. The van der Waals surface area contributed by atoms with Gasteiger partial charge in [-0.3, -0.25) is 4.79 Å². The molecule has 1 aliphatic heterocycles. The molecule has 3 heteroatoms. The average Bonchev–Trinajstić information content (AvgIpc) is 2.94. The number of hydrogen-bond acceptors (Lipinski definition) is 3. The molecular formula is C12H12O3. The van der Waals surface area contributed by atoms with Crippen LogP contribution in [0, 0.1) is 5.92 Å². The first-order valence-electron chi connectivity index (χ1n) is 5.09. The molecule has 3 nitrogen and oxygen atoms in total. The third-order valence-electron chi connectivity index (χ3n) is 3.47. The predicted molar refractivity (Wildman–Crippen MR) is 53.7 cm³/mol. The van der Waals surface area contributed by atoms with Gasteiger partial charge in [0.25, 0.3) is 0 Å². The van der Waals surface area contributed by atoms with Gasteiger partial charge in [-0.15, -0.1) is 0 Å². The lowest BCUT2D eigenvalue weighted by molar-refractivity contribution is -0.142. The highest BCUT2D eigenvalue weighted by Crippen LogP contribution is 2.59. The van der Waals surface area contributed by atoms with E-state index in [4.69, 9.17) is 9.47 Å². The Morgan fingerprint density at radius 1 is 1.53 bits per heavy atom. The summed E-state index contributed by atoms with van der Waals surface area (Å²) < 4.78 is 10.2. The van der Waals surface area contributed by atoms with Gasteiger partial charge in [-0.05, 0) is 24.1 Å². The molecule has 1 saturated carbocycles. The molecule has 0 N–H and O–H groups in total. The van der Waals surface area contributed by atoms with Crippen LogP contribution in [-0.4, -0.2) is 19.7 Å². The van der Waals surface area contributed by atoms with Gasteiger partial charge in [-0.25, -0.2) is 0 Å². The fraction of sp³-hybridized carbons (Fsp3) is 0.417. The Morgan fingerprint density at radius 3 is 3.00 bits per heavy atom. The van der Waals surface area contributed by atoms with Gasteiger partial charge in [0.2, 0.25) is 0 Å². The van der Waals surface area contributed by atoms with Crippen molar-refractivity contribution in [2.75, 3.05) is 13.7 Å². The third-order valence-corrected chi connectivity index (χ3v) is 3.47. The van der Waals surface area contributed by atoms with E-state index in [0.29, 0.717) is 12.5 Å². The number of methoxy groups -OCH3 is 1. The summed E-state index contributed by atoms with van der Waals surface area (Å²) in [5.74, 6) is 1.12. The monoisotopic (exact) mass is 204 g/mol. The fourth-order valence-electron chi connectivity index (χ4n) is 2.46. The highest BCUT2D eigenvalue weighted by Gasteiger charge is 2.66. The molecule has 3 rings (SSSR count). The van der Waals surface area contributed by atoms with Crippen LogP contribution in [0.2, 0.25) is 0 Å². The second-order valence-corrected chi connectivity index (χ2v) is 4.20. The Balaban J connectivity index is 2.03. The van der Waals surface area contributed by atoms with Crippen LogP contribution >= 0.6 is 0 Å². The number of carbonyl (C=O) groups excluding carboxylic acids is 1. The predicted octanol–water partition coefficient (Wildman–Crippen LogP) is 1.51. The molecule has 1 aromatic carbocycles. The first-order chi connectivity index (χ1) is 7.27. The summed E-state index contributed by atoms with van der Waals surface area (Å²) in [7, 11) is 1.63. The van der Waals surface area contributed by atoms with Crippen LogP contribution in [0.3, 0.4) is 0 Å². The van der Waals surface area contributed by atoms with E-state index >= 15 is 0 Å². The summed E-state index contributed by atoms with van der Waals surface area (Å²) in [4.78, 5) is 11.7. The van der Waals surface area contributed by atoms with Crippen LogP contribution in [0.15, 0.2) is 24.3 Å². The van der Waals surface area contributed by atoms with Gasteiger partial charge in [-0.2, -0.15) is 0 Å². The standard InChI is InChI=1S/C12H12O3/c1-14-10-4-2-3-8(5-10)12-6-9(12)7-15-11(12)13/h2-5,9H,6-7H2,1H3/t9-,12-/m1/s1. The maximum atomic E-state index is 11.7. The van der Waals surface area contributed by atoms with Crippen molar-refractivity contribution in [3.05, 3.63) is 29.8 Å². The summed E-state index contributed by atoms with van der Waals surface area (Å²) in [6.07, 6.45) is 0.930. The van der Waals surface area contributed by atoms with Crippen molar-refractivity contribution in [1.29, 1.82) is 0 Å². The Bertz CT molecular complexity index is 427. The van der Waals surface area contributed by atoms with Gasteiger partial charge in [0, 0.05) is 5.92 Å². The summed E-state index contributed by atoms with van der Waals surface area (Å²) >= 11 is 0. The molecule has 2 atom stereocenters. The molecule has 1 saturated heterocycles. The van der Waals surface area contributed by atoms with E-state index in [1.807, 2.05) is 24.3 Å². The van der Waals surface area contributed by atoms with Crippen molar-refractivity contribution >= 4 is 5.97 Å². The normalized spacial score (nSPS) is 32.1. The molecule has 1 aliphatic carbocycles. The molecule has 0 aromatic heterocycles. The number of hydrogen-bond donors (Lipinski definition) is 0. The molecule has 0 unspecified atom stereocenters. The van der Waals surface area contributed by atoms with Crippen molar-refractivity contribution in [2.24, 2.45) is 5.92 Å². The van der Waals surface area contributed by atoms with Crippen molar-refractivity contribution in [2.45, 2.75) is 11.8 Å². The van der Waals surface area contributed by atoms with E-state index in [-0.39, 0.29) is 11.4 Å². The van der Waals surface area contributed by atoms with Gasteiger partial charge in [0.15, 0.2) is 0 Å². The van der Waals surface area contributed by atoms with Crippen LogP contribution in [0.4, 0.5) is 0 Å². The maximum Gasteiger partial charge on any atom is 0.317 e. The second-order valence-electron chi connectivity index (χ2n) is 4.20. The minimum absolute atomic E-state index is 0.0687. The average molecular weight is 204 g/mol. The van der Waals surface area contributed by atoms with Crippen molar-refractivity contribution in [3.8, 4) is 5.75 Å². The Morgan fingerprint density at radius 2 is 2.40 bits per heavy atom. The number of carbonyl (C=O) groups is 1. The quantitative estimate of drug-likeness (QED) is 0.685. The molecule has 1 aromatic rings. The van der Waals surface area contributed by atoms with Crippen molar-refractivity contribution in [1.82, 2.24) is 0 Å². The lowest BCUT2D eigenvalue weighted by Crippen LogP contribution is -2.18. The molecule has 2 fully saturated rings. The molecule has 0 bridgehead atoms. The highest BCUT2D eigenvalue weighted by atomic mass is 16.5. The molecule has 0 spiro atoms. The topological polar surface area (TPSA) is 35.5 Å². The van der Waals surface area contributed by atoms with Gasteiger partial charge >= 0.3 is 5.97 Å². The number of rotatable bonds is 2. The molecule has 0 amide bonds. The van der Waals surface area contributed by atoms with Gasteiger partial charge in [0.1, 0.15) is 5.75 Å². The van der Waals surface area contributed by atoms with E-state index in [1.165, 1.54) is 0 Å². The van der Waals surface area contributed by atoms with Gasteiger partial charge in [0.05, 0.1) is 19.1 Å². The summed E-state index contributed by atoms with van der Waals surface area (Å²) in [5.41, 5.74) is 0.698. The zero-order valence-electron chi connectivity index (χ0n) is 8.53. The van der Waals surface area contributed by atoms with Crippen molar-refractivity contribution < 1.29 is 14.3 Å². The minimum atomic E-state index is -0.339. The van der Waals surface area contributed by atoms with Gasteiger partial charge in [-0.1, -0.05) is 12.1 Å². The third kappa shape index (κ3) is 1.03. The molecule has 78 valence electrons. The van der Waals surface area contributed by atoms with Crippen LogP contribution in [-0.2, 0) is 14.9 Å². The first-order valence-corrected chi connectivity index (χ1v) is 5.09. The van der Waals surface area contributed by atoms with Crippen LogP contribution < -0.4 is 4.74 Å². The molecule has 2 aliphatic rings. The largest absolute Gasteiger partial charge is 0.497 e.